The van der Waals surface area contributed by atoms with Crippen molar-refractivity contribution in [3.63, 3.8) is 0 Å². The molecule has 28 heavy (non-hydrogen) atoms. The quantitative estimate of drug-likeness (QED) is 0.843. The van der Waals surface area contributed by atoms with Crippen LogP contribution in [-0.2, 0) is 26.3 Å². The van der Waals surface area contributed by atoms with E-state index in [1.165, 1.54) is 0 Å². The Labute approximate surface area is 166 Å². The normalized spacial score (nSPS) is 31.4. The number of hydrogen-bond donors (Lipinski definition) is 1. The number of likely N-dealkylation sites (tertiary alicyclic amines) is 1. The summed E-state index contributed by atoms with van der Waals surface area (Å²) in [5.74, 6) is 1.60. The van der Waals surface area contributed by atoms with E-state index >= 15 is 0 Å². The molecule has 4 aliphatic rings. The predicted molar refractivity (Wildman–Crippen MR) is 102 cm³/mol. The van der Waals surface area contributed by atoms with Gasteiger partial charge < -0.3 is 19.5 Å². The lowest BCUT2D eigenvalue weighted by Crippen LogP contribution is -2.64. The van der Waals surface area contributed by atoms with Crippen molar-refractivity contribution < 1.29 is 14.3 Å². The minimum Gasteiger partial charge on any atom is -0.380 e. The van der Waals surface area contributed by atoms with Crippen LogP contribution in [0.3, 0.4) is 0 Å². The minimum absolute atomic E-state index is 0.0186. The molecule has 3 fully saturated rings. The van der Waals surface area contributed by atoms with Gasteiger partial charge in [0, 0.05) is 37.8 Å². The van der Waals surface area contributed by atoms with E-state index in [0.29, 0.717) is 32.0 Å². The molecule has 3 aliphatic heterocycles. The van der Waals surface area contributed by atoms with E-state index in [1.54, 1.807) is 17.5 Å². The summed E-state index contributed by atoms with van der Waals surface area (Å²) in [5, 5.41) is 7.15. The van der Waals surface area contributed by atoms with Gasteiger partial charge in [-0.1, -0.05) is 0 Å². The molecule has 1 unspecified atom stereocenters. The van der Waals surface area contributed by atoms with Crippen molar-refractivity contribution in [2.45, 2.75) is 30.8 Å². The molecule has 8 heteroatoms. The minimum atomic E-state index is -0.230. The SMILES string of the molecule is O=C(Cc1ccsc1)NC1CC2(CN(C(=O)[C@@]34COC[C@@H]3C4)C2)n2ccnc21. The number of amides is 2. The summed E-state index contributed by atoms with van der Waals surface area (Å²) in [4.78, 5) is 31.9. The van der Waals surface area contributed by atoms with Gasteiger partial charge in [0.15, 0.2) is 0 Å². The van der Waals surface area contributed by atoms with Crippen LogP contribution >= 0.6 is 11.3 Å². The summed E-state index contributed by atoms with van der Waals surface area (Å²) in [6.45, 7) is 2.70. The van der Waals surface area contributed by atoms with Crippen LogP contribution in [0.15, 0.2) is 29.2 Å². The highest BCUT2D eigenvalue weighted by Gasteiger charge is 2.67. The topological polar surface area (TPSA) is 76.5 Å². The molecule has 1 saturated carbocycles. The van der Waals surface area contributed by atoms with E-state index in [4.69, 9.17) is 4.74 Å². The first-order valence-electron chi connectivity index (χ1n) is 9.81. The number of ether oxygens (including phenoxy) is 1. The first kappa shape index (κ1) is 16.7. The predicted octanol–water partition coefficient (Wildman–Crippen LogP) is 1.32. The van der Waals surface area contributed by atoms with Crippen LogP contribution < -0.4 is 5.32 Å². The van der Waals surface area contributed by atoms with Gasteiger partial charge in [-0.3, -0.25) is 9.59 Å². The van der Waals surface area contributed by atoms with Gasteiger partial charge in [0.2, 0.25) is 11.8 Å². The van der Waals surface area contributed by atoms with E-state index in [-0.39, 0.29) is 28.8 Å². The van der Waals surface area contributed by atoms with Gasteiger partial charge in [-0.15, -0.1) is 0 Å². The van der Waals surface area contributed by atoms with Crippen LogP contribution in [0.2, 0.25) is 0 Å². The monoisotopic (exact) mass is 398 g/mol. The van der Waals surface area contributed by atoms with Crippen LogP contribution in [0.1, 0.15) is 30.3 Å². The largest absolute Gasteiger partial charge is 0.380 e. The molecule has 5 heterocycles. The second-order valence-corrected chi connectivity index (χ2v) is 9.53. The van der Waals surface area contributed by atoms with Crippen LogP contribution in [-0.4, -0.2) is 52.6 Å². The highest BCUT2D eigenvalue weighted by Crippen LogP contribution is 2.59. The summed E-state index contributed by atoms with van der Waals surface area (Å²) in [6.07, 6.45) is 5.94. The van der Waals surface area contributed by atoms with Crippen molar-refractivity contribution >= 4 is 23.2 Å². The molecule has 2 saturated heterocycles. The lowest BCUT2D eigenvalue weighted by atomic mass is 9.84. The molecule has 2 aromatic rings. The maximum absolute atomic E-state index is 13.0. The molecule has 3 atom stereocenters. The van der Waals surface area contributed by atoms with Gasteiger partial charge in [-0.05, 0) is 28.8 Å². The second kappa shape index (κ2) is 5.67. The second-order valence-electron chi connectivity index (χ2n) is 8.75. The van der Waals surface area contributed by atoms with Gasteiger partial charge in [0.1, 0.15) is 5.82 Å². The highest BCUT2D eigenvalue weighted by molar-refractivity contribution is 7.08. The zero-order chi connectivity index (χ0) is 18.9. The number of aromatic nitrogens is 2. The van der Waals surface area contributed by atoms with Gasteiger partial charge >= 0.3 is 0 Å². The van der Waals surface area contributed by atoms with E-state index in [0.717, 1.165) is 30.8 Å². The van der Waals surface area contributed by atoms with Gasteiger partial charge in [-0.25, -0.2) is 4.98 Å². The molecule has 1 spiro atoms. The highest BCUT2D eigenvalue weighted by atomic mass is 32.1. The molecule has 0 bridgehead atoms. The van der Waals surface area contributed by atoms with E-state index in [9.17, 15) is 9.59 Å². The zero-order valence-corrected chi connectivity index (χ0v) is 16.3. The molecular weight excluding hydrogens is 376 g/mol. The number of carbonyl (C=O) groups excluding carboxylic acids is 2. The third kappa shape index (κ3) is 2.27. The third-order valence-corrected chi connectivity index (χ3v) is 7.68. The fraction of sp³-hybridized carbons (Fsp3) is 0.550. The van der Waals surface area contributed by atoms with Crippen LogP contribution in [0.25, 0.3) is 0 Å². The number of hydrogen-bond acceptors (Lipinski definition) is 5. The standard InChI is InChI=1S/C20H22N4O3S/c25-16(5-13-1-4-28-9-13)22-15-7-19(24-3-2-21-17(15)24)10-23(11-19)18(26)20-6-14(20)8-27-12-20/h1-4,9,14-15H,5-8,10-12H2,(H,22,25)/t14-,15?,20-/m0/s1. The molecule has 6 rings (SSSR count). The molecule has 0 aromatic carbocycles. The van der Waals surface area contributed by atoms with Crippen molar-refractivity contribution in [2.75, 3.05) is 26.3 Å². The fourth-order valence-corrected chi connectivity index (χ4v) is 6.04. The summed E-state index contributed by atoms with van der Waals surface area (Å²) >= 11 is 1.60. The van der Waals surface area contributed by atoms with Crippen molar-refractivity contribution in [2.24, 2.45) is 11.3 Å². The Kier molecular flexibility index (Phi) is 3.39. The number of rotatable bonds is 4. The number of nitrogens with one attached hydrogen (secondary N) is 1. The molecule has 2 aromatic heterocycles. The van der Waals surface area contributed by atoms with E-state index in [1.807, 2.05) is 27.9 Å². The van der Waals surface area contributed by atoms with E-state index < -0.39 is 0 Å². The Morgan fingerprint density at radius 1 is 1.36 bits per heavy atom. The molecule has 1 aliphatic carbocycles. The maximum atomic E-state index is 13.0. The molecule has 7 nitrogen and oxygen atoms in total. The summed E-state index contributed by atoms with van der Waals surface area (Å²) in [6, 6.07) is 1.88. The zero-order valence-electron chi connectivity index (χ0n) is 15.5. The molecule has 1 N–H and O–H groups in total. The Morgan fingerprint density at radius 2 is 2.25 bits per heavy atom. The van der Waals surface area contributed by atoms with Crippen LogP contribution in [0, 0.1) is 11.3 Å². The number of thiophene rings is 1. The molecule has 146 valence electrons. The number of fused-ring (bicyclic) bond motifs is 3. The lowest BCUT2D eigenvalue weighted by molar-refractivity contribution is -0.149. The number of carbonyl (C=O) groups is 2. The average Bonchev–Trinajstić information content (AvgIpc) is 3.19. The van der Waals surface area contributed by atoms with Crippen molar-refractivity contribution in [3.8, 4) is 0 Å². The molecule has 2 amide bonds. The summed E-state index contributed by atoms with van der Waals surface area (Å²) in [7, 11) is 0. The van der Waals surface area contributed by atoms with Gasteiger partial charge in [-0.2, -0.15) is 11.3 Å². The Bertz CT molecular complexity index is 949. The van der Waals surface area contributed by atoms with Crippen molar-refractivity contribution in [1.82, 2.24) is 19.8 Å². The smallest absolute Gasteiger partial charge is 0.231 e. The summed E-state index contributed by atoms with van der Waals surface area (Å²) in [5.41, 5.74) is 0.671. The average molecular weight is 398 g/mol. The van der Waals surface area contributed by atoms with Gasteiger partial charge in [0.05, 0.1) is 36.6 Å². The van der Waals surface area contributed by atoms with E-state index in [2.05, 4.69) is 14.9 Å². The van der Waals surface area contributed by atoms with Crippen LogP contribution in [0.4, 0.5) is 0 Å². The Balaban J connectivity index is 1.15. The number of nitrogens with zero attached hydrogens (tertiary/aromatic N) is 3. The van der Waals surface area contributed by atoms with Crippen LogP contribution in [0.5, 0.6) is 0 Å². The first-order chi connectivity index (χ1) is 13.6. The molecular formula is C20H22N4O3S. The van der Waals surface area contributed by atoms with Crippen molar-refractivity contribution in [3.05, 3.63) is 40.6 Å². The Hall–Kier alpha value is -2.19. The number of imidazole rings is 1. The lowest BCUT2D eigenvalue weighted by Gasteiger charge is -2.50. The van der Waals surface area contributed by atoms with Gasteiger partial charge in [0.25, 0.3) is 0 Å². The first-order valence-corrected chi connectivity index (χ1v) is 10.8. The third-order valence-electron chi connectivity index (χ3n) is 6.95. The Morgan fingerprint density at radius 3 is 2.96 bits per heavy atom. The summed E-state index contributed by atoms with van der Waals surface area (Å²) < 4.78 is 7.68. The fourth-order valence-electron chi connectivity index (χ4n) is 5.37. The van der Waals surface area contributed by atoms with Crippen molar-refractivity contribution in [1.29, 1.82) is 0 Å². The molecule has 0 radical (unpaired) electrons. The maximum Gasteiger partial charge on any atom is 0.231 e.